The van der Waals surface area contributed by atoms with E-state index in [-0.39, 0.29) is 19.2 Å². The van der Waals surface area contributed by atoms with Crippen LogP contribution in [0.25, 0.3) is 0 Å². The van der Waals surface area contributed by atoms with E-state index in [4.69, 9.17) is 9.47 Å². The van der Waals surface area contributed by atoms with Crippen LogP contribution in [0.5, 0.6) is 0 Å². The second-order valence-electron chi connectivity index (χ2n) is 10.6. The number of nitrogens with zero attached hydrogens (tertiary/aromatic N) is 2. The Balaban J connectivity index is 1.87. The van der Waals surface area contributed by atoms with E-state index in [9.17, 15) is 14.7 Å². The number of nitrogens with one attached hydrogen (secondary N) is 1. The van der Waals surface area contributed by atoms with Crippen LogP contribution in [0.2, 0.25) is 0 Å². The van der Waals surface area contributed by atoms with Gasteiger partial charge in [-0.3, -0.25) is 0 Å². The molecule has 0 spiro atoms. The summed E-state index contributed by atoms with van der Waals surface area (Å²) in [5.74, 6) is 0. The van der Waals surface area contributed by atoms with E-state index in [0.29, 0.717) is 19.3 Å². The van der Waals surface area contributed by atoms with E-state index in [1.54, 1.807) is 25.8 Å². The maximum absolute atomic E-state index is 13.5. The molecule has 0 radical (unpaired) electrons. The van der Waals surface area contributed by atoms with Gasteiger partial charge in [-0.25, -0.2) is 15.0 Å². The van der Waals surface area contributed by atoms with Gasteiger partial charge in [0.1, 0.15) is 12.2 Å². The third-order valence-electron chi connectivity index (χ3n) is 6.17. The van der Waals surface area contributed by atoms with Gasteiger partial charge in [0.05, 0.1) is 12.1 Å². The highest BCUT2D eigenvalue weighted by atomic mass is 16.6. The molecule has 0 aliphatic carbocycles. The molecule has 2 N–H and O–H groups in total. The van der Waals surface area contributed by atoms with Gasteiger partial charge in [0, 0.05) is 6.54 Å². The molecule has 8 heteroatoms. The maximum Gasteiger partial charge on any atom is 0.444 e. The Hall–Kier alpha value is -3.88. The fraction of sp³-hybridized carbons (Fsp3) is 0.375. The van der Waals surface area contributed by atoms with Crippen molar-refractivity contribution >= 4 is 12.2 Å². The minimum atomic E-state index is -0.822. The number of hydrazine groups is 2. The van der Waals surface area contributed by atoms with Gasteiger partial charge in [-0.2, -0.15) is 5.01 Å². The number of aryl methyl sites for hydroxylation is 1. The van der Waals surface area contributed by atoms with Gasteiger partial charge in [0.2, 0.25) is 0 Å². The number of amides is 2. The summed E-state index contributed by atoms with van der Waals surface area (Å²) in [6, 6.07) is 28.5. The first-order valence-corrected chi connectivity index (χ1v) is 13.7. The van der Waals surface area contributed by atoms with Crippen molar-refractivity contribution in [3.63, 3.8) is 0 Å². The van der Waals surface area contributed by atoms with Crippen molar-refractivity contribution in [3.8, 4) is 0 Å². The Kier molecular flexibility index (Phi) is 11.5. The van der Waals surface area contributed by atoms with Crippen molar-refractivity contribution in [1.82, 2.24) is 15.6 Å². The average molecular weight is 548 g/mol. The van der Waals surface area contributed by atoms with Crippen molar-refractivity contribution in [2.45, 2.75) is 71.3 Å². The molecule has 0 saturated carbocycles. The van der Waals surface area contributed by atoms with Crippen molar-refractivity contribution in [2.75, 3.05) is 6.54 Å². The van der Waals surface area contributed by atoms with Crippen LogP contribution in [0.4, 0.5) is 9.59 Å². The Morgan fingerprint density at radius 3 is 1.98 bits per heavy atom. The molecule has 1 unspecified atom stereocenters. The quantitative estimate of drug-likeness (QED) is 0.269. The summed E-state index contributed by atoms with van der Waals surface area (Å²) >= 11 is 0. The third kappa shape index (κ3) is 10.0. The predicted octanol–water partition coefficient (Wildman–Crippen LogP) is 6.43. The van der Waals surface area contributed by atoms with Crippen LogP contribution in [0.1, 0.15) is 63.3 Å². The molecular formula is C32H41N3O5. The highest BCUT2D eigenvalue weighted by Crippen LogP contribution is 2.27. The zero-order valence-electron chi connectivity index (χ0n) is 23.8. The number of rotatable bonds is 11. The van der Waals surface area contributed by atoms with E-state index >= 15 is 0 Å². The molecule has 0 aliphatic rings. The van der Waals surface area contributed by atoms with Gasteiger partial charge in [0.15, 0.2) is 0 Å². The minimum absolute atomic E-state index is 0.0322. The molecule has 2 amide bonds. The number of carbonyl (C=O) groups excluding carboxylic acids is 2. The van der Waals surface area contributed by atoms with Crippen LogP contribution in [0.15, 0.2) is 91.0 Å². The number of hydrogen-bond acceptors (Lipinski definition) is 6. The summed E-state index contributed by atoms with van der Waals surface area (Å²) in [7, 11) is 0. The monoisotopic (exact) mass is 547 g/mol. The lowest BCUT2D eigenvalue weighted by Gasteiger charge is -2.40. The van der Waals surface area contributed by atoms with E-state index in [2.05, 4.69) is 5.43 Å². The van der Waals surface area contributed by atoms with Gasteiger partial charge >= 0.3 is 12.2 Å². The zero-order chi connectivity index (χ0) is 29.0. The standard InChI is InChI=1S/C32H41N3O5/c1-5-29(27-19-13-8-14-20-27)34(23-28(36)22-21-25-15-9-6-10-16-25)35(31(38)40-32(2,3)4)33-30(37)39-24-26-17-11-7-12-18-26/h6-20,28-29,36H,5,21-24H2,1-4H3,(H,33,37)/t28-,29?/m0/s1. The predicted molar refractivity (Wildman–Crippen MR) is 155 cm³/mol. The molecule has 0 aromatic heterocycles. The van der Waals surface area contributed by atoms with Crippen LogP contribution in [-0.4, -0.2) is 45.7 Å². The molecule has 0 bridgehead atoms. The fourth-order valence-corrected chi connectivity index (χ4v) is 4.29. The molecule has 3 rings (SSSR count). The number of aliphatic hydroxyl groups is 1. The second kappa shape index (κ2) is 15.1. The number of carbonyl (C=O) groups is 2. The van der Waals surface area contributed by atoms with Crippen molar-refractivity contribution in [3.05, 3.63) is 108 Å². The lowest BCUT2D eigenvalue weighted by Crippen LogP contribution is -2.59. The zero-order valence-corrected chi connectivity index (χ0v) is 23.8. The first kappa shape index (κ1) is 30.7. The topological polar surface area (TPSA) is 91.3 Å². The smallest absolute Gasteiger partial charge is 0.443 e. The summed E-state index contributed by atoms with van der Waals surface area (Å²) in [5, 5.41) is 13.9. The van der Waals surface area contributed by atoms with E-state index in [1.807, 2.05) is 97.9 Å². The van der Waals surface area contributed by atoms with E-state index < -0.39 is 23.9 Å². The minimum Gasteiger partial charge on any atom is -0.443 e. The van der Waals surface area contributed by atoms with Gasteiger partial charge in [-0.05, 0) is 56.7 Å². The molecule has 0 aliphatic heterocycles. The Morgan fingerprint density at radius 2 is 1.43 bits per heavy atom. The van der Waals surface area contributed by atoms with E-state index in [1.165, 1.54) is 0 Å². The summed E-state index contributed by atoms with van der Waals surface area (Å²) in [6.07, 6.45) is -0.682. The average Bonchev–Trinajstić information content (AvgIpc) is 2.94. The molecule has 3 aromatic carbocycles. The molecule has 3 aromatic rings. The molecule has 40 heavy (non-hydrogen) atoms. The van der Waals surface area contributed by atoms with Crippen LogP contribution in [0, 0.1) is 0 Å². The molecule has 0 fully saturated rings. The van der Waals surface area contributed by atoms with Crippen LogP contribution in [0.3, 0.4) is 0 Å². The fourth-order valence-electron chi connectivity index (χ4n) is 4.29. The second-order valence-corrected chi connectivity index (χ2v) is 10.6. The molecule has 8 nitrogen and oxygen atoms in total. The SMILES string of the molecule is CCC(c1ccccc1)N(C[C@@H](O)CCc1ccccc1)N(NC(=O)OCc1ccccc1)C(=O)OC(C)(C)C. The Labute approximate surface area is 237 Å². The lowest BCUT2D eigenvalue weighted by molar-refractivity contribution is -0.114. The van der Waals surface area contributed by atoms with Crippen molar-refractivity contribution in [2.24, 2.45) is 0 Å². The first-order valence-electron chi connectivity index (χ1n) is 13.7. The first-order chi connectivity index (χ1) is 19.2. The van der Waals surface area contributed by atoms with Gasteiger partial charge < -0.3 is 14.6 Å². The molecule has 2 atom stereocenters. The molecular weight excluding hydrogens is 506 g/mol. The summed E-state index contributed by atoms with van der Waals surface area (Å²) in [4.78, 5) is 26.5. The Bertz CT molecular complexity index is 1170. The van der Waals surface area contributed by atoms with Gasteiger partial charge in [0.25, 0.3) is 0 Å². The highest BCUT2D eigenvalue weighted by molar-refractivity contribution is 5.73. The highest BCUT2D eigenvalue weighted by Gasteiger charge is 2.35. The summed E-state index contributed by atoms with van der Waals surface area (Å²) in [6.45, 7) is 7.35. The summed E-state index contributed by atoms with van der Waals surface area (Å²) < 4.78 is 11.1. The summed E-state index contributed by atoms with van der Waals surface area (Å²) in [5.41, 5.74) is 4.60. The number of ether oxygens (including phenoxy) is 2. The molecule has 214 valence electrons. The van der Waals surface area contributed by atoms with Crippen LogP contribution in [-0.2, 0) is 22.5 Å². The van der Waals surface area contributed by atoms with Gasteiger partial charge in [-0.15, -0.1) is 5.12 Å². The lowest BCUT2D eigenvalue weighted by atomic mass is 10.0. The third-order valence-corrected chi connectivity index (χ3v) is 6.17. The number of hydrogen-bond donors (Lipinski definition) is 2. The van der Waals surface area contributed by atoms with Crippen molar-refractivity contribution in [1.29, 1.82) is 0 Å². The maximum atomic E-state index is 13.5. The van der Waals surface area contributed by atoms with Crippen LogP contribution >= 0.6 is 0 Å². The van der Waals surface area contributed by atoms with E-state index in [0.717, 1.165) is 21.8 Å². The number of aliphatic hydroxyl groups excluding tert-OH is 1. The Morgan fingerprint density at radius 1 is 0.875 bits per heavy atom. The molecule has 0 saturated heterocycles. The van der Waals surface area contributed by atoms with Crippen molar-refractivity contribution < 1.29 is 24.2 Å². The largest absolute Gasteiger partial charge is 0.444 e. The van der Waals surface area contributed by atoms with Gasteiger partial charge in [-0.1, -0.05) is 97.9 Å². The van der Waals surface area contributed by atoms with Crippen LogP contribution < -0.4 is 5.43 Å². The normalized spacial score (nSPS) is 12.8. The number of benzene rings is 3. The molecule has 0 heterocycles.